The molecule has 1 saturated carbocycles. The predicted molar refractivity (Wildman–Crippen MR) is 70.4 cm³/mol. The molecule has 0 amide bonds. The summed E-state index contributed by atoms with van der Waals surface area (Å²) in [6, 6.07) is 5.62. The van der Waals surface area contributed by atoms with Crippen LogP contribution in [0.25, 0.3) is 0 Å². The smallest absolute Gasteiger partial charge is 0.154 e. The maximum atomic E-state index is 12.2. The summed E-state index contributed by atoms with van der Waals surface area (Å²) < 4.78 is 5.47. The van der Waals surface area contributed by atoms with Crippen LogP contribution < -0.4 is 0 Å². The third-order valence-electron chi connectivity index (χ3n) is 3.55. The van der Waals surface area contributed by atoms with Crippen LogP contribution in [0.5, 0.6) is 0 Å². The zero-order chi connectivity index (χ0) is 13.7. The lowest BCUT2D eigenvalue weighted by molar-refractivity contribution is -0.122. The van der Waals surface area contributed by atoms with E-state index in [4.69, 9.17) is 10.00 Å². The van der Waals surface area contributed by atoms with Crippen molar-refractivity contribution in [3.63, 3.8) is 0 Å². The van der Waals surface area contributed by atoms with Crippen LogP contribution in [0, 0.1) is 17.2 Å². The third kappa shape index (κ3) is 3.39. The molecule has 19 heavy (non-hydrogen) atoms. The van der Waals surface area contributed by atoms with Crippen molar-refractivity contribution in [2.24, 2.45) is 5.92 Å². The van der Waals surface area contributed by atoms with Gasteiger partial charge in [0.2, 0.25) is 0 Å². The number of rotatable bonds is 6. The Morgan fingerprint density at radius 1 is 1.63 bits per heavy atom. The van der Waals surface area contributed by atoms with E-state index < -0.39 is 5.92 Å². The molecule has 1 aliphatic carbocycles. The highest BCUT2D eigenvalue weighted by Crippen LogP contribution is 2.34. The molecule has 0 bridgehead atoms. The highest BCUT2D eigenvalue weighted by molar-refractivity contribution is 5.88. The molecule has 1 unspecified atom stereocenters. The molecule has 0 saturated heterocycles. The molecule has 1 aromatic rings. The lowest BCUT2D eigenvalue weighted by Gasteiger charge is -2.34. The van der Waals surface area contributed by atoms with Gasteiger partial charge in [-0.25, -0.2) is 0 Å². The van der Waals surface area contributed by atoms with E-state index in [9.17, 15) is 4.79 Å². The molecule has 1 aliphatic rings. The average molecular weight is 258 g/mol. The van der Waals surface area contributed by atoms with Crippen molar-refractivity contribution in [2.75, 3.05) is 6.61 Å². The first-order valence-electron chi connectivity index (χ1n) is 6.68. The van der Waals surface area contributed by atoms with Crippen molar-refractivity contribution in [1.82, 2.24) is 4.98 Å². The molecule has 0 aromatic carbocycles. The zero-order valence-electron chi connectivity index (χ0n) is 11.1. The summed E-state index contributed by atoms with van der Waals surface area (Å²) in [4.78, 5) is 16.1. The SMILES string of the molecule is CCOC1CC(CC(=O)C(C#N)c2cccnc2)C1. The highest BCUT2D eigenvalue weighted by atomic mass is 16.5. The standard InChI is InChI=1S/C15H18N2O2/c1-2-19-13-6-11(7-13)8-15(18)14(9-16)12-4-3-5-17-10-12/h3-5,10-11,13-14H,2,6-8H2,1H3. The molecule has 0 spiro atoms. The van der Waals surface area contributed by atoms with Crippen LogP contribution >= 0.6 is 0 Å². The predicted octanol–water partition coefficient (Wildman–Crippen LogP) is 2.46. The van der Waals surface area contributed by atoms with Crippen LogP contribution in [-0.2, 0) is 9.53 Å². The first-order chi connectivity index (χ1) is 9.24. The van der Waals surface area contributed by atoms with E-state index in [2.05, 4.69) is 11.1 Å². The molecule has 0 radical (unpaired) electrons. The number of ketones is 1. The minimum absolute atomic E-state index is 0.00421. The lowest BCUT2D eigenvalue weighted by atomic mass is 9.77. The zero-order valence-corrected chi connectivity index (χ0v) is 11.1. The van der Waals surface area contributed by atoms with E-state index in [1.807, 2.05) is 6.92 Å². The number of Topliss-reactive ketones (excluding diaryl/α,β-unsaturated/α-hetero) is 1. The number of carbonyl (C=O) groups excluding carboxylic acids is 1. The summed E-state index contributed by atoms with van der Waals surface area (Å²) in [6.07, 6.45) is 5.88. The minimum atomic E-state index is -0.681. The van der Waals surface area contributed by atoms with Gasteiger partial charge in [0.05, 0.1) is 12.2 Å². The number of carbonyl (C=O) groups is 1. The molecule has 2 rings (SSSR count). The first kappa shape index (κ1) is 13.7. The van der Waals surface area contributed by atoms with Gasteiger partial charge in [-0.2, -0.15) is 5.26 Å². The largest absolute Gasteiger partial charge is 0.378 e. The first-order valence-corrected chi connectivity index (χ1v) is 6.68. The van der Waals surface area contributed by atoms with Crippen molar-refractivity contribution in [3.05, 3.63) is 30.1 Å². The molecule has 4 nitrogen and oxygen atoms in total. The number of ether oxygens (including phenoxy) is 1. The topological polar surface area (TPSA) is 63.0 Å². The Bertz CT molecular complexity index is 461. The number of pyridine rings is 1. The molecule has 1 fully saturated rings. The van der Waals surface area contributed by atoms with Crippen LogP contribution in [-0.4, -0.2) is 23.5 Å². The Hall–Kier alpha value is -1.73. The van der Waals surface area contributed by atoms with Crippen molar-refractivity contribution in [3.8, 4) is 6.07 Å². The maximum absolute atomic E-state index is 12.2. The van der Waals surface area contributed by atoms with E-state index >= 15 is 0 Å². The highest BCUT2D eigenvalue weighted by Gasteiger charge is 2.33. The summed E-state index contributed by atoms with van der Waals surface area (Å²) >= 11 is 0. The number of hydrogen-bond donors (Lipinski definition) is 0. The summed E-state index contributed by atoms with van der Waals surface area (Å²) in [6.45, 7) is 2.70. The third-order valence-corrected chi connectivity index (χ3v) is 3.55. The molecule has 0 aliphatic heterocycles. The van der Waals surface area contributed by atoms with Crippen LogP contribution in [0.4, 0.5) is 0 Å². The lowest BCUT2D eigenvalue weighted by Crippen LogP contribution is -2.33. The van der Waals surface area contributed by atoms with Gasteiger partial charge in [-0.1, -0.05) is 6.07 Å². The normalized spacial score (nSPS) is 23.2. The Morgan fingerprint density at radius 2 is 2.42 bits per heavy atom. The molecular weight excluding hydrogens is 240 g/mol. The van der Waals surface area contributed by atoms with Gasteiger partial charge in [-0.3, -0.25) is 9.78 Å². The van der Waals surface area contributed by atoms with E-state index in [1.165, 1.54) is 0 Å². The molecular formula is C15H18N2O2. The quantitative estimate of drug-likeness (QED) is 0.786. The van der Waals surface area contributed by atoms with E-state index in [0.29, 0.717) is 24.0 Å². The van der Waals surface area contributed by atoms with Gasteiger partial charge in [0.1, 0.15) is 5.92 Å². The molecule has 0 N–H and O–H groups in total. The van der Waals surface area contributed by atoms with Gasteiger partial charge in [0.15, 0.2) is 5.78 Å². The summed E-state index contributed by atoms with van der Waals surface area (Å²) in [5, 5.41) is 9.17. The fourth-order valence-corrected chi connectivity index (χ4v) is 2.49. The van der Waals surface area contributed by atoms with Crippen LogP contribution in [0.15, 0.2) is 24.5 Å². The molecule has 1 aromatic heterocycles. The van der Waals surface area contributed by atoms with E-state index in [-0.39, 0.29) is 5.78 Å². The Kier molecular flexibility index (Phi) is 4.64. The fraction of sp³-hybridized carbons (Fsp3) is 0.533. The number of hydrogen-bond acceptors (Lipinski definition) is 4. The van der Waals surface area contributed by atoms with Crippen LogP contribution in [0.2, 0.25) is 0 Å². The second-order valence-corrected chi connectivity index (χ2v) is 4.93. The fourth-order valence-electron chi connectivity index (χ4n) is 2.49. The molecule has 100 valence electrons. The van der Waals surface area contributed by atoms with Gasteiger partial charge >= 0.3 is 0 Å². The van der Waals surface area contributed by atoms with Crippen molar-refractivity contribution >= 4 is 5.78 Å². The second-order valence-electron chi connectivity index (χ2n) is 4.93. The molecule has 1 atom stereocenters. The summed E-state index contributed by atoms with van der Waals surface area (Å²) in [5.41, 5.74) is 0.690. The molecule has 1 heterocycles. The summed E-state index contributed by atoms with van der Waals surface area (Å²) in [7, 11) is 0. The maximum Gasteiger partial charge on any atom is 0.154 e. The monoisotopic (exact) mass is 258 g/mol. The van der Waals surface area contributed by atoms with Crippen LogP contribution in [0.3, 0.4) is 0 Å². The average Bonchev–Trinajstić information content (AvgIpc) is 2.38. The van der Waals surface area contributed by atoms with Gasteiger partial charge in [0, 0.05) is 25.4 Å². The van der Waals surface area contributed by atoms with Gasteiger partial charge in [-0.15, -0.1) is 0 Å². The van der Waals surface area contributed by atoms with Gasteiger partial charge in [-0.05, 0) is 37.3 Å². The van der Waals surface area contributed by atoms with Crippen molar-refractivity contribution in [1.29, 1.82) is 5.26 Å². The molecule has 4 heteroatoms. The van der Waals surface area contributed by atoms with E-state index in [0.717, 1.165) is 19.4 Å². The second kappa shape index (κ2) is 6.44. The van der Waals surface area contributed by atoms with Crippen molar-refractivity contribution in [2.45, 2.75) is 38.2 Å². The Labute approximate surface area is 113 Å². The Morgan fingerprint density at radius 3 is 3.00 bits per heavy atom. The Balaban J connectivity index is 1.88. The van der Waals surface area contributed by atoms with Gasteiger partial charge < -0.3 is 4.74 Å². The minimum Gasteiger partial charge on any atom is -0.378 e. The summed E-state index contributed by atoms with van der Waals surface area (Å²) in [5.74, 6) is -0.313. The van der Waals surface area contributed by atoms with E-state index in [1.54, 1.807) is 24.5 Å². The van der Waals surface area contributed by atoms with Crippen molar-refractivity contribution < 1.29 is 9.53 Å². The number of nitrogens with zero attached hydrogens (tertiary/aromatic N) is 2. The number of aromatic nitrogens is 1. The van der Waals surface area contributed by atoms with Crippen LogP contribution in [0.1, 0.15) is 37.7 Å². The number of nitriles is 1. The van der Waals surface area contributed by atoms with Gasteiger partial charge in [0.25, 0.3) is 0 Å².